The number of benzene rings is 2. The van der Waals surface area contributed by atoms with Gasteiger partial charge in [0.25, 0.3) is 0 Å². The second kappa shape index (κ2) is 6.06. The summed E-state index contributed by atoms with van der Waals surface area (Å²) >= 11 is 0. The second-order valence-corrected chi connectivity index (χ2v) is 6.03. The van der Waals surface area contributed by atoms with Crippen molar-refractivity contribution in [2.24, 2.45) is 5.92 Å². The first-order chi connectivity index (χ1) is 12.2. The number of hydrogen-bond acceptors (Lipinski definition) is 4. The molecular weight excluding hydrogens is 316 g/mol. The van der Waals surface area contributed by atoms with E-state index in [1.807, 2.05) is 48.5 Å². The monoisotopic (exact) mass is 332 g/mol. The molecule has 0 saturated carbocycles. The molecular formula is C21H16O4. The van der Waals surface area contributed by atoms with Crippen LogP contribution in [0.1, 0.15) is 27.4 Å². The van der Waals surface area contributed by atoms with E-state index in [0.29, 0.717) is 17.1 Å². The number of rotatable bonds is 2. The summed E-state index contributed by atoms with van der Waals surface area (Å²) < 4.78 is 10.9. The van der Waals surface area contributed by atoms with Crippen LogP contribution >= 0.6 is 0 Å². The molecule has 2 atom stereocenters. The summed E-state index contributed by atoms with van der Waals surface area (Å²) in [6.45, 7) is 0. The standard InChI is InChI=1S/C21H16O4/c1-24-21(23)15-7-3-2-6-14(15)20-16-8-4-5-9-18(16)25-19-12-13(22)10-11-17(19)20/h2-12,17,20H,1H3. The van der Waals surface area contributed by atoms with E-state index in [0.717, 1.165) is 11.1 Å². The lowest BCUT2D eigenvalue weighted by Gasteiger charge is -2.35. The Morgan fingerprint density at radius 1 is 1.04 bits per heavy atom. The zero-order valence-corrected chi connectivity index (χ0v) is 13.6. The van der Waals surface area contributed by atoms with Gasteiger partial charge in [-0.2, -0.15) is 0 Å². The summed E-state index contributed by atoms with van der Waals surface area (Å²) in [6, 6.07) is 15.1. The van der Waals surface area contributed by atoms with Crippen molar-refractivity contribution in [3.8, 4) is 5.75 Å². The molecule has 2 aromatic rings. The highest BCUT2D eigenvalue weighted by Gasteiger charge is 2.37. The third-order valence-electron chi connectivity index (χ3n) is 4.62. The number of carbonyl (C=O) groups excluding carboxylic acids is 2. The normalized spacial score (nSPS) is 20.8. The molecule has 2 aliphatic rings. The molecule has 1 heterocycles. The number of para-hydroxylation sites is 1. The quantitative estimate of drug-likeness (QED) is 0.788. The predicted molar refractivity (Wildman–Crippen MR) is 92.4 cm³/mol. The van der Waals surface area contributed by atoms with Gasteiger partial charge in [0.1, 0.15) is 11.5 Å². The molecule has 4 nitrogen and oxygen atoms in total. The fourth-order valence-corrected chi connectivity index (χ4v) is 3.53. The zero-order valence-electron chi connectivity index (χ0n) is 13.6. The number of hydrogen-bond donors (Lipinski definition) is 0. The molecule has 4 rings (SSSR count). The molecule has 124 valence electrons. The van der Waals surface area contributed by atoms with Crippen molar-refractivity contribution in [3.05, 3.63) is 89.2 Å². The summed E-state index contributed by atoms with van der Waals surface area (Å²) in [5.74, 6) is 0.578. The highest BCUT2D eigenvalue weighted by molar-refractivity contribution is 6.01. The molecule has 0 aromatic heterocycles. The maximum atomic E-state index is 12.3. The van der Waals surface area contributed by atoms with Gasteiger partial charge in [-0.05, 0) is 23.8 Å². The van der Waals surface area contributed by atoms with Gasteiger partial charge < -0.3 is 9.47 Å². The Labute approximate surface area is 145 Å². The van der Waals surface area contributed by atoms with Gasteiger partial charge in [-0.3, -0.25) is 4.79 Å². The highest BCUT2D eigenvalue weighted by atomic mass is 16.5. The van der Waals surface area contributed by atoms with Crippen molar-refractivity contribution in [3.63, 3.8) is 0 Å². The van der Waals surface area contributed by atoms with Crippen molar-refractivity contribution >= 4 is 11.8 Å². The molecule has 0 saturated heterocycles. The van der Waals surface area contributed by atoms with E-state index in [1.165, 1.54) is 13.2 Å². The number of ketones is 1. The van der Waals surface area contributed by atoms with E-state index in [4.69, 9.17) is 9.47 Å². The third-order valence-corrected chi connectivity index (χ3v) is 4.62. The fourth-order valence-electron chi connectivity index (χ4n) is 3.53. The minimum absolute atomic E-state index is 0.0920. The molecule has 0 radical (unpaired) electrons. The Kier molecular flexibility index (Phi) is 3.73. The van der Waals surface area contributed by atoms with Crippen LogP contribution in [0, 0.1) is 5.92 Å². The second-order valence-electron chi connectivity index (χ2n) is 6.03. The lowest BCUT2D eigenvalue weighted by atomic mass is 9.74. The van der Waals surface area contributed by atoms with Gasteiger partial charge >= 0.3 is 5.97 Å². The minimum Gasteiger partial charge on any atom is -0.465 e. The number of carbonyl (C=O) groups is 2. The van der Waals surface area contributed by atoms with E-state index < -0.39 is 0 Å². The topological polar surface area (TPSA) is 52.6 Å². The van der Waals surface area contributed by atoms with Crippen molar-refractivity contribution < 1.29 is 19.1 Å². The van der Waals surface area contributed by atoms with E-state index in [1.54, 1.807) is 12.1 Å². The molecule has 25 heavy (non-hydrogen) atoms. The first-order valence-electron chi connectivity index (χ1n) is 8.07. The van der Waals surface area contributed by atoms with Crippen LogP contribution in [0.4, 0.5) is 0 Å². The molecule has 0 N–H and O–H groups in total. The van der Waals surface area contributed by atoms with E-state index in [2.05, 4.69) is 0 Å². The summed E-state index contributed by atoms with van der Waals surface area (Å²) in [4.78, 5) is 24.0. The SMILES string of the molecule is COC(=O)c1ccccc1C1c2ccccc2OC2=CC(=O)C=CC21. The molecule has 2 aromatic carbocycles. The zero-order chi connectivity index (χ0) is 17.4. The Morgan fingerprint density at radius 3 is 2.56 bits per heavy atom. The van der Waals surface area contributed by atoms with Crippen LogP contribution in [0.3, 0.4) is 0 Å². The molecule has 2 unspecified atom stereocenters. The maximum absolute atomic E-state index is 12.3. The lowest BCUT2D eigenvalue weighted by Crippen LogP contribution is -2.27. The summed E-state index contributed by atoms with van der Waals surface area (Å²) in [7, 11) is 1.38. The molecule has 4 heteroatoms. The maximum Gasteiger partial charge on any atom is 0.338 e. The smallest absolute Gasteiger partial charge is 0.338 e. The first-order valence-corrected chi connectivity index (χ1v) is 8.07. The minimum atomic E-state index is -0.374. The third kappa shape index (κ3) is 2.56. The number of methoxy groups -OCH3 is 1. The molecule has 0 amide bonds. The van der Waals surface area contributed by atoms with Gasteiger partial charge in [0.2, 0.25) is 0 Å². The molecule has 0 bridgehead atoms. The average molecular weight is 332 g/mol. The van der Waals surface area contributed by atoms with Crippen LogP contribution in [0.15, 0.2) is 72.5 Å². The average Bonchev–Trinajstić information content (AvgIpc) is 2.65. The molecule has 0 spiro atoms. The van der Waals surface area contributed by atoms with E-state index in [9.17, 15) is 9.59 Å². The van der Waals surface area contributed by atoms with Gasteiger partial charge in [-0.15, -0.1) is 0 Å². The van der Waals surface area contributed by atoms with Gasteiger partial charge in [-0.1, -0.05) is 42.5 Å². The highest BCUT2D eigenvalue weighted by Crippen LogP contribution is 2.47. The number of esters is 1. The Balaban J connectivity index is 1.94. The van der Waals surface area contributed by atoms with E-state index in [-0.39, 0.29) is 23.6 Å². The summed E-state index contributed by atoms with van der Waals surface area (Å²) in [5, 5.41) is 0. The Morgan fingerprint density at radius 2 is 1.76 bits per heavy atom. The summed E-state index contributed by atoms with van der Waals surface area (Å²) in [5.41, 5.74) is 2.37. The van der Waals surface area contributed by atoms with Crippen LogP contribution in [0.2, 0.25) is 0 Å². The Bertz CT molecular complexity index is 923. The molecule has 1 aliphatic carbocycles. The predicted octanol–water partition coefficient (Wildman–Crippen LogP) is 3.64. The van der Waals surface area contributed by atoms with Crippen molar-refractivity contribution in [2.75, 3.05) is 7.11 Å². The number of allylic oxidation sites excluding steroid dienone is 3. The van der Waals surface area contributed by atoms with Crippen LogP contribution in [0.5, 0.6) is 5.75 Å². The Hall–Kier alpha value is -3.14. The number of fused-ring (bicyclic) bond motifs is 2. The first kappa shape index (κ1) is 15.4. The molecule has 0 fully saturated rings. The largest absolute Gasteiger partial charge is 0.465 e. The lowest BCUT2D eigenvalue weighted by molar-refractivity contribution is -0.110. The number of ether oxygens (including phenoxy) is 2. The van der Waals surface area contributed by atoms with Crippen molar-refractivity contribution in [2.45, 2.75) is 5.92 Å². The van der Waals surface area contributed by atoms with Crippen LogP contribution in [0.25, 0.3) is 0 Å². The molecule has 1 aliphatic heterocycles. The van der Waals surface area contributed by atoms with Gasteiger partial charge in [0, 0.05) is 23.5 Å². The van der Waals surface area contributed by atoms with Gasteiger partial charge in [0.15, 0.2) is 5.78 Å². The van der Waals surface area contributed by atoms with Crippen molar-refractivity contribution in [1.29, 1.82) is 0 Å². The van der Waals surface area contributed by atoms with E-state index >= 15 is 0 Å². The fraction of sp³-hybridized carbons (Fsp3) is 0.143. The van der Waals surface area contributed by atoms with Gasteiger partial charge in [0.05, 0.1) is 12.7 Å². The van der Waals surface area contributed by atoms with Crippen LogP contribution < -0.4 is 4.74 Å². The van der Waals surface area contributed by atoms with Crippen LogP contribution in [-0.2, 0) is 9.53 Å². The van der Waals surface area contributed by atoms with Crippen molar-refractivity contribution in [1.82, 2.24) is 0 Å². The van der Waals surface area contributed by atoms with Crippen LogP contribution in [-0.4, -0.2) is 18.9 Å². The summed E-state index contributed by atoms with van der Waals surface area (Å²) in [6.07, 6.45) is 4.93. The van der Waals surface area contributed by atoms with Gasteiger partial charge in [-0.25, -0.2) is 4.79 Å².